The highest BCUT2D eigenvalue weighted by Gasteiger charge is 2.25. The topological polar surface area (TPSA) is 108 Å². The van der Waals surface area contributed by atoms with Crippen LogP contribution in [-0.2, 0) is 33.3 Å². The predicted octanol–water partition coefficient (Wildman–Crippen LogP) is 16.1. The maximum absolute atomic E-state index is 12.9. The molecule has 2 atom stereocenters. The van der Waals surface area contributed by atoms with Gasteiger partial charge < -0.3 is 28.5 Å². The van der Waals surface area contributed by atoms with Crippen molar-refractivity contribution >= 4 is 17.9 Å². The first kappa shape index (κ1) is 66.7. The molecule has 0 aliphatic carbocycles. The highest BCUT2D eigenvalue weighted by molar-refractivity contribution is 5.71. The summed E-state index contributed by atoms with van der Waals surface area (Å²) in [6.07, 6.45) is 69.9. The number of carboxylic acids is 1. The van der Waals surface area contributed by atoms with E-state index in [1.165, 1.54) is 32.1 Å². The van der Waals surface area contributed by atoms with Crippen LogP contribution in [0.2, 0.25) is 0 Å². The molecule has 0 bridgehead atoms. The Bertz CT molecular complexity index is 1570. The fraction of sp³-hybridized carbons (Fsp3) is 0.629. The van der Waals surface area contributed by atoms with Crippen molar-refractivity contribution in [2.45, 2.75) is 206 Å². The summed E-state index contributed by atoms with van der Waals surface area (Å²) in [5.41, 5.74) is 0. The number of allylic oxidation sites excluding steroid dienone is 20. The first-order valence-corrected chi connectivity index (χ1v) is 27.7. The molecule has 0 aromatic heterocycles. The van der Waals surface area contributed by atoms with Gasteiger partial charge in [-0.3, -0.25) is 9.59 Å². The van der Waals surface area contributed by atoms with Crippen molar-refractivity contribution in [1.82, 2.24) is 0 Å². The maximum atomic E-state index is 12.9. The van der Waals surface area contributed by atoms with Crippen molar-refractivity contribution in [2.75, 3.05) is 47.5 Å². The molecule has 0 aromatic carbocycles. The van der Waals surface area contributed by atoms with Crippen LogP contribution in [0.1, 0.15) is 194 Å². The van der Waals surface area contributed by atoms with Crippen LogP contribution in [-0.4, -0.2) is 87.4 Å². The van der Waals surface area contributed by atoms with Crippen molar-refractivity contribution < 1.29 is 42.9 Å². The molecular formula is C62H102NO8+. The minimum atomic E-state index is -1.52. The number of rotatable bonds is 49. The Morgan fingerprint density at radius 3 is 1.13 bits per heavy atom. The van der Waals surface area contributed by atoms with E-state index in [1.807, 2.05) is 21.1 Å². The number of likely N-dealkylation sites (N-methyl/N-ethyl adjacent to an activating group) is 1. The number of aliphatic carboxylic acids is 1. The molecule has 0 heterocycles. The molecule has 402 valence electrons. The van der Waals surface area contributed by atoms with Crippen LogP contribution in [0.4, 0.5) is 0 Å². The summed E-state index contributed by atoms with van der Waals surface area (Å²) in [6, 6.07) is 0. The lowest BCUT2D eigenvalue weighted by Gasteiger charge is -2.25. The van der Waals surface area contributed by atoms with E-state index >= 15 is 0 Å². The van der Waals surface area contributed by atoms with Crippen molar-refractivity contribution in [3.05, 3.63) is 122 Å². The molecule has 0 saturated heterocycles. The van der Waals surface area contributed by atoms with Crippen LogP contribution in [0.3, 0.4) is 0 Å². The van der Waals surface area contributed by atoms with Crippen LogP contribution in [0.25, 0.3) is 0 Å². The third kappa shape index (κ3) is 53.3. The zero-order valence-corrected chi connectivity index (χ0v) is 45.6. The average Bonchev–Trinajstić information content (AvgIpc) is 3.34. The first-order valence-electron chi connectivity index (χ1n) is 27.7. The monoisotopic (exact) mass is 989 g/mol. The summed E-state index contributed by atoms with van der Waals surface area (Å²) >= 11 is 0. The molecule has 0 amide bonds. The van der Waals surface area contributed by atoms with Crippen molar-refractivity contribution in [3.8, 4) is 0 Å². The number of carbonyl (C=O) groups is 3. The second kappa shape index (κ2) is 52.0. The van der Waals surface area contributed by atoms with Gasteiger partial charge >= 0.3 is 17.9 Å². The maximum Gasteiger partial charge on any atom is 0.361 e. The van der Waals surface area contributed by atoms with Crippen LogP contribution >= 0.6 is 0 Å². The van der Waals surface area contributed by atoms with Crippen LogP contribution in [0, 0.1) is 0 Å². The fourth-order valence-electron chi connectivity index (χ4n) is 7.01. The quantitative estimate of drug-likeness (QED) is 0.0211. The molecule has 0 radical (unpaired) electrons. The van der Waals surface area contributed by atoms with Crippen LogP contribution in [0.5, 0.6) is 0 Å². The van der Waals surface area contributed by atoms with Gasteiger partial charge in [-0.2, -0.15) is 0 Å². The van der Waals surface area contributed by atoms with Gasteiger partial charge in [-0.1, -0.05) is 200 Å². The summed E-state index contributed by atoms with van der Waals surface area (Å²) in [4.78, 5) is 37.3. The van der Waals surface area contributed by atoms with E-state index in [1.54, 1.807) is 0 Å². The molecule has 71 heavy (non-hydrogen) atoms. The second-order valence-corrected chi connectivity index (χ2v) is 19.1. The van der Waals surface area contributed by atoms with E-state index < -0.39 is 24.3 Å². The molecule has 0 spiro atoms. The zero-order valence-electron chi connectivity index (χ0n) is 45.6. The molecule has 1 N–H and O–H groups in total. The van der Waals surface area contributed by atoms with Gasteiger partial charge in [-0.15, -0.1) is 0 Å². The summed E-state index contributed by atoms with van der Waals surface area (Å²) in [5.74, 6) is -2.05. The van der Waals surface area contributed by atoms with Gasteiger partial charge in [0.2, 0.25) is 0 Å². The van der Waals surface area contributed by atoms with Gasteiger partial charge in [0.05, 0.1) is 34.4 Å². The van der Waals surface area contributed by atoms with Crippen molar-refractivity contribution in [2.24, 2.45) is 0 Å². The van der Waals surface area contributed by atoms with Gasteiger partial charge in [0.15, 0.2) is 6.10 Å². The largest absolute Gasteiger partial charge is 0.477 e. The Labute approximate surface area is 434 Å². The zero-order chi connectivity index (χ0) is 52.0. The summed E-state index contributed by atoms with van der Waals surface area (Å²) in [5, 5.41) is 9.68. The second-order valence-electron chi connectivity index (χ2n) is 19.1. The van der Waals surface area contributed by atoms with E-state index in [4.69, 9.17) is 18.9 Å². The summed E-state index contributed by atoms with van der Waals surface area (Å²) < 4.78 is 22.8. The highest BCUT2D eigenvalue weighted by Crippen LogP contribution is 2.14. The summed E-state index contributed by atoms with van der Waals surface area (Å²) in [7, 11) is 5.95. The number of esters is 2. The van der Waals surface area contributed by atoms with Gasteiger partial charge in [0, 0.05) is 12.8 Å². The summed E-state index contributed by atoms with van der Waals surface area (Å²) in [6.45, 7) is 4.60. The fourth-order valence-corrected chi connectivity index (χ4v) is 7.01. The highest BCUT2D eigenvalue weighted by atomic mass is 16.7. The van der Waals surface area contributed by atoms with Gasteiger partial charge in [-0.25, -0.2) is 4.79 Å². The van der Waals surface area contributed by atoms with Crippen LogP contribution in [0.15, 0.2) is 122 Å². The van der Waals surface area contributed by atoms with E-state index in [0.717, 1.165) is 128 Å². The number of hydrogen-bond acceptors (Lipinski definition) is 7. The Morgan fingerprint density at radius 1 is 0.423 bits per heavy atom. The first-order chi connectivity index (χ1) is 34.6. The molecule has 0 saturated carbocycles. The molecular weight excluding hydrogens is 887 g/mol. The van der Waals surface area contributed by atoms with Gasteiger partial charge in [-0.05, 0) is 103 Å². The SMILES string of the molecule is CC/C=C\C/C=C\C/C=C\C/C=C\C/C=C\C/C=C\C/C=C\CCCCCCCCCCCC(=O)OC(COC(=O)CCCCCCC/C=C\C/C=C\C/C=C\CC)COC(OCC[N+](C)(C)C)C(=O)O. The molecule has 0 fully saturated rings. The Morgan fingerprint density at radius 2 is 0.761 bits per heavy atom. The number of nitrogens with zero attached hydrogens (tertiary/aromatic N) is 1. The van der Waals surface area contributed by atoms with E-state index in [-0.39, 0.29) is 38.6 Å². The molecule has 0 aliphatic heterocycles. The van der Waals surface area contributed by atoms with Crippen molar-refractivity contribution in [1.29, 1.82) is 0 Å². The molecule has 0 aliphatic rings. The number of carbonyl (C=O) groups excluding carboxylic acids is 2. The average molecular weight is 989 g/mol. The predicted molar refractivity (Wildman–Crippen MR) is 299 cm³/mol. The van der Waals surface area contributed by atoms with E-state index in [0.29, 0.717) is 17.4 Å². The standard InChI is InChI=1S/C62H101NO8/c1-6-8-10-12-14-16-18-20-22-23-24-25-26-27-28-29-30-31-32-33-34-35-36-37-39-41-43-45-47-49-51-53-60(65)71-58(57-70-62(61(66)67)68-55-54-63(3,4)5)56-69-59(64)52-50-48-46-44-42-40-38-21-19-17-15-13-11-9-7-2/h8-11,14-17,20-22,24-25,27-28,30-31,33-34,38,58,62H,6-7,12-13,18-19,23,26,29,32,35-37,39-57H2,1-5H3/p+1/b10-8-,11-9-,16-14-,17-15-,22-20-,25-24-,28-27-,31-30-,34-33-,38-21-. The lowest BCUT2D eigenvalue weighted by Crippen LogP contribution is -2.40. The Kier molecular flexibility index (Phi) is 48.9. The third-order valence-electron chi connectivity index (χ3n) is 11.2. The van der Waals surface area contributed by atoms with Gasteiger partial charge in [0.25, 0.3) is 6.29 Å². The number of carboxylic acid groups (broad SMARTS) is 1. The molecule has 0 rings (SSSR count). The van der Waals surface area contributed by atoms with E-state index in [2.05, 4.69) is 135 Å². The third-order valence-corrected chi connectivity index (χ3v) is 11.2. The lowest BCUT2D eigenvalue weighted by atomic mass is 10.1. The van der Waals surface area contributed by atoms with Crippen LogP contribution < -0.4 is 0 Å². The number of unbranched alkanes of at least 4 members (excludes halogenated alkanes) is 14. The normalized spacial score (nSPS) is 13.8. The minimum Gasteiger partial charge on any atom is -0.477 e. The molecule has 9 heteroatoms. The van der Waals surface area contributed by atoms with Gasteiger partial charge in [0.1, 0.15) is 13.2 Å². The Hall–Kier alpha value is -4.31. The molecule has 9 nitrogen and oxygen atoms in total. The van der Waals surface area contributed by atoms with Crippen molar-refractivity contribution in [3.63, 3.8) is 0 Å². The minimum absolute atomic E-state index is 0.177. The lowest BCUT2D eigenvalue weighted by molar-refractivity contribution is -0.870. The molecule has 2 unspecified atom stereocenters. The van der Waals surface area contributed by atoms with E-state index in [9.17, 15) is 19.5 Å². The number of quaternary nitrogens is 1. The number of ether oxygens (including phenoxy) is 4. The molecule has 0 aromatic rings. The smallest absolute Gasteiger partial charge is 0.361 e. The number of hydrogen-bond donors (Lipinski definition) is 1. The Balaban J connectivity index is 4.28.